The summed E-state index contributed by atoms with van der Waals surface area (Å²) in [6, 6.07) is 12.0. The van der Waals surface area contributed by atoms with Crippen LogP contribution in [-0.2, 0) is 14.8 Å². The molecular formula is C21H20ClN3O4S. The van der Waals surface area contributed by atoms with E-state index in [-0.39, 0.29) is 22.3 Å². The highest BCUT2D eigenvalue weighted by atomic mass is 35.5. The number of nitrogens with one attached hydrogen (secondary N) is 1. The molecule has 2 saturated heterocycles. The number of nitrogens with zero attached hydrogens (tertiary/aromatic N) is 2. The lowest BCUT2D eigenvalue weighted by atomic mass is 9.96. The fourth-order valence-corrected chi connectivity index (χ4v) is 5.55. The average Bonchev–Trinajstić information content (AvgIpc) is 3.37. The van der Waals surface area contributed by atoms with Gasteiger partial charge in [-0.1, -0.05) is 11.6 Å². The Morgan fingerprint density at radius 2 is 2.10 bits per heavy atom. The Morgan fingerprint density at radius 1 is 1.27 bits per heavy atom. The minimum atomic E-state index is -3.37. The third-order valence-electron chi connectivity index (χ3n) is 5.33. The van der Waals surface area contributed by atoms with Crippen molar-refractivity contribution < 1.29 is 17.9 Å². The van der Waals surface area contributed by atoms with Crippen molar-refractivity contribution in [2.75, 3.05) is 35.1 Å². The van der Waals surface area contributed by atoms with Gasteiger partial charge in [-0.3, -0.25) is 9.10 Å². The molecule has 0 aliphatic carbocycles. The van der Waals surface area contributed by atoms with Crippen LogP contribution in [0.25, 0.3) is 0 Å². The lowest BCUT2D eigenvalue weighted by Gasteiger charge is -2.18. The van der Waals surface area contributed by atoms with Crippen LogP contribution in [0.3, 0.4) is 0 Å². The monoisotopic (exact) mass is 445 g/mol. The zero-order valence-corrected chi connectivity index (χ0v) is 17.7. The number of hydrogen-bond acceptors (Lipinski definition) is 5. The molecule has 0 spiro atoms. The first kappa shape index (κ1) is 20.7. The van der Waals surface area contributed by atoms with Gasteiger partial charge < -0.3 is 10.1 Å². The van der Waals surface area contributed by atoms with E-state index in [1.54, 1.807) is 18.2 Å². The van der Waals surface area contributed by atoms with E-state index in [1.165, 1.54) is 16.4 Å². The summed E-state index contributed by atoms with van der Waals surface area (Å²) in [6.07, 6.45) is 1.40. The molecule has 2 heterocycles. The van der Waals surface area contributed by atoms with Crippen molar-refractivity contribution in [2.45, 2.75) is 18.8 Å². The largest absolute Gasteiger partial charge is 0.381 e. The molecule has 0 aromatic heterocycles. The molecule has 0 saturated carbocycles. The summed E-state index contributed by atoms with van der Waals surface area (Å²) in [4.78, 5) is 12.9. The highest BCUT2D eigenvalue weighted by Crippen LogP contribution is 2.31. The van der Waals surface area contributed by atoms with Crippen molar-refractivity contribution in [3.05, 3.63) is 58.1 Å². The van der Waals surface area contributed by atoms with E-state index in [9.17, 15) is 18.5 Å². The van der Waals surface area contributed by atoms with Crippen molar-refractivity contribution in [2.24, 2.45) is 0 Å². The Morgan fingerprint density at radius 3 is 2.77 bits per heavy atom. The topological polar surface area (TPSA) is 99.5 Å². The van der Waals surface area contributed by atoms with E-state index in [2.05, 4.69) is 11.4 Å². The Hall–Kier alpha value is -2.60. The number of rotatable bonds is 4. The van der Waals surface area contributed by atoms with E-state index < -0.39 is 15.9 Å². The van der Waals surface area contributed by atoms with Gasteiger partial charge in [0.1, 0.15) is 0 Å². The summed E-state index contributed by atoms with van der Waals surface area (Å²) in [5.74, 6) is -0.199. The van der Waals surface area contributed by atoms with Crippen LogP contribution >= 0.6 is 11.6 Å². The van der Waals surface area contributed by atoms with Gasteiger partial charge in [0, 0.05) is 24.8 Å². The van der Waals surface area contributed by atoms with Gasteiger partial charge in [-0.05, 0) is 54.8 Å². The molecule has 2 aromatic carbocycles. The molecule has 2 aromatic rings. The number of anilines is 2. The third kappa shape index (κ3) is 4.15. The molecule has 2 aliphatic rings. The summed E-state index contributed by atoms with van der Waals surface area (Å²) in [5.41, 5.74) is 2.44. The SMILES string of the molecule is N#Cc1cc(NC(=O)c2cc(N3CCCS3(=O)=O)ccc2Cl)cc(C2CCOC2)c1. The molecule has 2 fully saturated rings. The van der Waals surface area contributed by atoms with Crippen molar-refractivity contribution in [3.63, 3.8) is 0 Å². The second kappa shape index (κ2) is 8.26. The van der Waals surface area contributed by atoms with Crippen LogP contribution in [-0.4, -0.2) is 39.8 Å². The predicted octanol–water partition coefficient (Wildman–Crippen LogP) is 3.51. The van der Waals surface area contributed by atoms with E-state index in [0.717, 1.165) is 12.0 Å². The quantitative estimate of drug-likeness (QED) is 0.776. The second-order valence-electron chi connectivity index (χ2n) is 7.38. The molecule has 0 bridgehead atoms. The number of hydrogen-bond donors (Lipinski definition) is 1. The number of amides is 1. The molecule has 9 heteroatoms. The van der Waals surface area contributed by atoms with Gasteiger partial charge in [0.25, 0.3) is 5.91 Å². The molecule has 2 aliphatic heterocycles. The number of sulfonamides is 1. The van der Waals surface area contributed by atoms with Crippen molar-refractivity contribution in [3.8, 4) is 6.07 Å². The average molecular weight is 446 g/mol. The predicted molar refractivity (Wildman–Crippen MR) is 114 cm³/mol. The molecule has 1 unspecified atom stereocenters. The molecule has 1 atom stereocenters. The minimum absolute atomic E-state index is 0.0891. The van der Waals surface area contributed by atoms with E-state index in [0.29, 0.717) is 43.1 Å². The number of halogens is 1. The second-order valence-corrected chi connectivity index (χ2v) is 9.80. The first-order valence-corrected chi connectivity index (χ1v) is 11.6. The van der Waals surface area contributed by atoms with Crippen LogP contribution in [0.15, 0.2) is 36.4 Å². The molecule has 1 N–H and O–H groups in total. The van der Waals surface area contributed by atoms with Crippen LogP contribution in [0.5, 0.6) is 0 Å². The molecule has 7 nitrogen and oxygen atoms in total. The van der Waals surface area contributed by atoms with Gasteiger partial charge >= 0.3 is 0 Å². The van der Waals surface area contributed by atoms with E-state index in [4.69, 9.17) is 16.3 Å². The van der Waals surface area contributed by atoms with Crippen molar-refractivity contribution in [1.82, 2.24) is 0 Å². The van der Waals surface area contributed by atoms with Gasteiger partial charge in [0.2, 0.25) is 10.0 Å². The van der Waals surface area contributed by atoms with Gasteiger partial charge in [0.15, 0.2) is 0 Å². The number of benzene rings is 2. The van der Waals surface area contributed by atoms with Gasteiger partial charge in [0.05, 0.1) is 40.3 Å². The first-order valence-electron chi connectivity index (χ1n) is 9.61. The summed E-state index contributed by atoms with van der Waals surface area (Å²) in [5, 5.41) is 12.4. The van der Waals surface area contributed by atoms with Crippen LogP contribution in [0.4, 0.5) is 11.4 Å². The first-order chi connectivity index (χ1) is 14.4. The summed E-state index contributed by atoms with van der Waals surface area (Å²) in [7, 11) is -3.37. The molecule has 156 valence electrons. The Balaban J connectivity index is 1.62. The van der Waals surface area contributed by atoms with Gasteiger partial charge in [-0.25, -0.2) is 8.42 Å². The number of nitriles is 1. The van der Waals surface area contributed by atoms with Crippen LogP contribution in [0.2, 0.25) is 5.02 Å². The van der Waals surface area contributed by atoms with Crippen LogP contribution in [0, 0.1) is 11.3 Å². The van der Waals surface area contributed by atoms with Crippen LogP contribution in [0.1, 0.15) is 40.2 Å². The van der Waals surface area contributed by atoms with Gasteiger partial charge in [-0.15, -0.1) is 0 Å². The Labute approximate surface area is 180 Å². The van der Waals surface area contributed by atoms with Crippen molar-refractivity contribution >= 4 is 38.9 Å². The highest BCUT2D eigenvalue weighted by molar-refractivity contribution is 7.93. The smallest absolute Gasteiger partial charge is 0.257 e. The van der Waals surface area contributed by atoms with E-state index >= 15 is 0 Å². The standard InChI is InChI=1S/C21H20ClN3O4S/c22-20-3-2-18(25-5-1-7-30(25,27)28)11-19(20)21(26)24-17-9-14(12-23)8-16(10-17)15-4-6-29-13-15/h2-3,8-11,15H,1,4-7,13H2,(H,24,26). The number of carbonyl (C=O) groups excluding carboxylic acids is 1. The lowest BCUT2D eigenvalue weighted by Crippen LogP contribution is -2.25. The molecule has 30 heavy (non-hydrogen) atoms. The summed E-state index contributed by atoms with van der Waals surface area (Å²) < 4.78 is 31.1. The zero-order valence-electron chi connectivity index (χ0n) is 16.1. The fraction of sp³-hybridized carbons (Fsp3) is 0.333. The lowest BCUT2D eigenvalue weighted by molar-refractivity contribution is 0.102. The number of ether oxygens (including phenoxy) is 1. The third-order valence-corrected chi connectivity index (χ3v) is 7.52. The Kier molecular flexibility index (Phi) is 5.69. The summed E-state index contributed by atoms with van der Waals surface area (Å²) >= 11 is 6.23. The molecule has 1 amide bonds. The maximum Gasteiger partial charge on any atom is 0.257 e. The highest BCUT2D eigenvalue weighted by Gasteiger charge is 2.29. The molecule has 0 radical (unpaired) electrons. The zero-order chi connectivity index (χ0) is 21.3. The number of carbonyl (C=O) groups is 1. The fourth-order valence-electron chi connectivity index (χ4n) is 3.79. The van der Waals surface area contributed by atoms with Crippen molar-refractivity contribution in [1.29, 1.82) is 5.26 Å². The minimum Gasteiger partial charge on any atom is -0.381 e. The molecule has 4 rings (SSSR count). The maximum absolute atomic E-state index is 12.9. The normalized spacial score (nSPS) is 20.1. The Bertz CT molecular complexity index is 1140. The van der Waals surface area contributed by atoms with E-state index in [1.807, 2.05) is 6.07 Å². The summed E-state index contributed by atoms with van der Waals surface area (Å²) in [6.45, 7) is 1.63. The van der Waals surface area contributed by atoms with Gasteiger partial charge in [-0.2, -0.15) is 5.26 Å². The maximum atomic E-state index is 12.9. The molecular weight excluding hydrogens is 426 g/mol. The van der Waals surface area contributed by atoms with Crippen LogP contribution < -0.4 is 9.62 Å².